The van der Waals surface area contributed by atoms with Crippen molar-refractivity contribution in [3.05, 3.63) is 28.8 Å². The Balaban J connectivity index is 3.21. The second-order valence-corrected chi connectivity index (χ2v) is 3.67. The molecular formula is C12H16N2O. The topological polar surface area (TPSA) is 59.0 Å². The maximum absolute atomic E-state index is 8.64. The van der Waals surface area contributed by atoms with E-state index in [0.717, 1.165) is 22.4 Å². The SMILES string of the molecule is COc1cc(C)cc(C)c1C(N)CC#N. The minimum absolute atomic E-state index is 0.273. The van der Waals surface area contributed by atoms with Crippen LogP contribution in [0.15, 0.2) is 12.1 Å². The summed E-state index contributed by atoms with van der Waals surface area (Å²) >= 11 is 0. The van der Waals surface area contributed by atoms with E-state index in [4.69, 9.17) is 15.7 Å². The first-order valence-corrected chi connectivity index (χ1v) is 4.87. The molecule has 80 valence electrons. The summed E-state index contributed by atoms with van der Waals surface area (Å²) in [6.07, 6.45) is 0.306. The van der Waals surface area contributed by atoms with Gasteiger partial charge in [-0.2, -0.15) is 5.26 Å². The van der Waals surface area contributed by atoms with Crippen LogP contribution >= 0.6 is 0 Å². The number of nitrogens with two attached hydrogens (primary N) is 1. The van der Waals surface area contributed by atoms with Gasteiger partial charge in [-0.25, -0.2) is 0 Å². The third-order valence-electron chi connectivity index (χ3n) is 2.40. The van der Waals surface area contributed by atoms with Crippen molar-refractivity contribution < 1.29 is 4.74 Å². The Bertz CT molecular complexity index is 393. The number of benzene rings is 1. The highest BCUT2D eigenvalue weighted by Gasteiger charge is 2.14. The van der Waals surface area contributed by atoms with Crippen molar-refractivity contribution >= 4 is 0 Å². The fraction of sp³-hybridized carbons (Fsp3) is 0.417. The van der Waals surface area contributed by atoms with Gasteiger partial charge >= 0.3 is 0 Å². The lowest BCUT2D eigenvalue weighted by Crippen LogP contribution is -2.12. The molecule has 1 rings (SSSR count). The molecule has 1 aromatic carbocycles. The Morgan fingerprint density at radius 2 is 2.13 bits per heavy atom. The summed E-state index contributed by atoms with van der Waals surface area (Å²) in [5.74, 6) is 0.773. The van der Waals surface area contributed by atoms with Crippen LogP contribution in [0, 0.1) is 25.2 Å². The lowest BCUT2D eigenvalue weighted by molar-refractivity contribution is 0.405. The molecule has 2 N–H and O–H groups in total. The van der Waals surface area contributed by atoms with E-state index in [1.54, 1.807) is 7.11 Å². The van der Waals surface area contributed by atoms with E-state index in [1.807, 2.05) is 19.9 Å². The van der Waals surface area contributed by atoms with E-state index in [0.29, 0.717) is 6.42 Å². The number of aryl methyl sites for hydroxylation is 2. The number of rotatable bonds is 3. The molecule has 0 aliphatic carbocycles. The van der Waals surface area contributed by atoms with Gasteiger partial charge in [-0.15, -0.1) is 0 Å². The fourth-order valence-corrected chi connectivity index (χ4v) is 1.78. The van der Waals surface area contributed by atoms with Crippen LogP contribution in [0.5, 0.6) is 5.75 Å². The zero-order valence-corrected chi connectivity index (χ0v) is 9.37. The number of ether oxygens (including phenoxy) is 1. The summed E-state index contributed by atoms with van der Waals surface area (Å²) in [7, 11) is 1.62. The molecule has 0 aromatic heterocycles. The van der Waals surface area contributed by atoms with Crippen LogP contribution in [0.25, 0.3) is 0 Å². The Morgan fingerprint density at radius 1 is 1.47 bits per heavy atom. The first kappa shape index (κ1) is 11.5. The Hall–Kier alpha value is -1.53. The predicted molar refractivity (Wildman–Crippen MR) is 59.6 cm³/mol. The molecule has 1 unspecified atom stereocenters. The maximum atomic E-state index is 8.64. The van der Waals surface area contributed by atoms with Gasteiger partial charge in [0.15, 0.2) is 0 Å². The molecule has 0 amide bonds. The van der Waals surface area contributed by atoms with E-state index in [2.05, 4.69) is 12.1 Å². The molecule has 3 nitrogen and oxygen atoms in total. The molecule has 0 saturated carbocycles. The standard InChI is InChI=1S/C12H16N2O/c1-8-6-9(2)12(10(14)4-5-13)11(7-8)15-3/h6-7,10H,4,14H2,1-3H3. The van der Waals surface area contributed by atoms with Gasteiger partial charge in [-0.1, -0.05) is 6.07 Å². The summed E-state index contributed by atoms with van der Waals surface area (Å²) in [4.78, 5) is 0. The highest BCUT2D eigenvalue weighted by atomic mass is 16.5. The average Bonchev–Trinajstić information content (AvgIpc) is 2.16. The molecule has 1 aromatic rings. The largest absolute Gasteiger partial charge is 0.496 e. The van der Waals surface area contributed by atoms with Gasteiger partial charge in [0, 0.05) is 11.6 Å². The van der Waals surface area contributed by atoms with Crippen LogP contribution in [0.4, 0.5) is 0 Å². The third kappa shape index (κ3) is 2.48. The molecule has 0 radical (unpaired) electrons. The van der Waals surface area contributed by atoms with Gasteiger partial charge in [-0.3, -0.25) is 0 Å². The zero-order valence-electron chi connectivity index (χ0n) is 9.37. The predicted octanol–water partition coefficient (Wildman–Crippen LogP) is 2.23. The van der Waals surface area contributed by atoms with Gasteiger partial charge in [0.25, 0.3) is 0 Å². The number of hydrogen-bond donors (Lipinski definition) is 1. The van der Waals surface area contributed by atoms with Crippen molar-refractivity contribution in [2.24, 2.45) is 5.73 Å². The molecule has 0 heterocycles. The summed E-state index contributed by atoms with van der Waals surface area (Å²) < 4.78 is 5.29. The normalized spacial score (nSPS) is 11.9. The van der Waals surface area contributed by atoms with Gasteiger partial charge in [0.2, 0.25) is 0 Å². The van der Waals surface area contributed by atoms with Crippen LogP contribution in [0.2, 0.25) is 0 Å². The smallest absolute Gasteiger partial charge is 0.124 e. The number of methoxy groups -OCH3 is 1. The molecule has 0 aliphatic rings. The van der Waals surface area contributed by atoms with E-state index in [-0.39, 0.29) is 6.04 Å². The molecule has 3 heteroatoms. The van der Waals surface area contributed by atoms with Crippen LogP contribution in [-0.2, 0) is 0 Å². The van der Waals surface area contributed by atoms with Gasteiger partial charge in [0.1, 0.15) is 5.75 Å². The van der Waals surface area contributed by atoms with Gasteiger partial charge in [0.05, 0.1) is 19.6 Å². The van der Waals surface area contributed by atoms with Crippen LogP contribution in [0.1, 0.15) is 29.2 Å². The lowest BCUT2D eigenvalue weighted by Gasteiger charge is -2.16. The van der Waals surface area contributed by atoms with Crippen molar-refractivity contribution in [2.75, 3.05) is 7.11 Å². The molecule has 0 aliphatic heterocycles. The number of nitrogens with zero attached hydrogens (tertiary/aromatic N) is 1. The number of nitriles is 1. The fourth-order valence-electron chi connectivity index (χ4n) is 1.78. The van der Waals surface area contributed by atoms with Crippen molar-refractivity contribution in [3.8, 4) is 11.8 Å². The van der Waals surface area contributed by atoms with Crippen LogP contribution in [0.3, 0.4) is 0 Å². The van der Waals surface area contributed by atoms with E-state index in [1.165, 1.54) is 0 Å². The minimum atomic E-state index is -0.273. The molecule has 0 spiro atoms. The van der Waals surface area contributed by atoms with E-state index < -0.39 is 0 Å². The highest BCUT2D eigenvalue weighted by Crippen LogP contribution is 2.30. The highest BCUT2D eigenvalue weighted by molar-refractivity contribution is 5.45. The Morgan fingerprint density at radius 3 is 2.67 bits per heavy atom. The Kier molecular flexibility index (Phi) is 3.70. The van der Waals surface area contributed by atoms with E-state index in [9.17, 15) is 0 Å². The second kappa shape index (κ2) is 4.81. The monoisotopic (exact) mass is 204 g/mol. The van der Waals surface area contributed by atoms with Crippen LogP contribution < -0.4 is 10.5 Å². The van der Waals surface area contributed by atoms with Gasteiger partial charge in [-0.05, 0) is 31.0 Å². The molecular weight excluding hydrogens is 188 g/mol. The Labute approximate surface area is 90.5 Å². The lowest BCUT2D eigenvalue weighted by atomic mass is 9.97. The number of hydrogen-bond acceptors (Lipinski definition) is 3. The molecule has 0 saturated heterocycles. The first-order valence-electron chi connectivity index (χ1n) is 4.87. The summed E-state index contributed by atoms with van der Waals surface area (Å²) in [5, 5.41) is 8.64. The second-order valence-electron chi connectivity index (χ2n) is 3.67. The van der Waals surface area contributed by atoms with Crippen molar-refractivity contribution in [1.82, 2.24) is 0 Å². The summed E-state index contributed by atoms with van der Waals surface area (Å²) in [6.45, 7) is 4.00. The van der Waals surface area contributed by atoms with E-state index >= 15 is 0 Å². The molecule has 0 fully saturated rings. The zero-order chi connectivity index (χ0) is 11.4. The minimum Gasteiger partial charge on any atom is -0.496 e. The molecule has 15 heavy (non-hydrogen) atoms. The van der Waals surface area contributed by atoms with Gasteiger partial charge < -0.3 is 10.5 Å². The quantitative estimate of drug-likeness (QED) is 0.821. The molecule has 0 bridgehead atoms. The van der Waals surface area contributed by atoms with Crippen molar-refractivity contribution in [1.29, 1.82) is 5.26 Å². The van der Waals surface area contributed by atoms with Crippen molar-refractivity contribution in [3.63, 3.8) is 0 Å². The van der Waals surface area contributed by atoms with Crippen molar-refractivity contribution in [2.45, 2.75) is 26.3 Å². The van der Waals surface area contributed by atoms with Crippen LogP contribution in [-0.4, -0.2) is 7.11 Å². The maximum Gasteiger partial charge on any atom is 0.124 e. The third-order valence-corrected chi connectivity index (χ3v) is 2.40. The average molecular weight is 204 g/mol. The summed E-state index contributed by atoms with van der Waals surface area (Å²) in [6, 6.07) is 5.80. The summed E-state index contributed by atoms with van der Waals surface area (Å²) in [5.41, 5.74) is 9.08. The molecule has 1 atom stereocenters. The first-order chi connectivity index (χ1) is 7.10.